The zero-order chi connectivity index (χ0) is 31.3. The Balaban J connectivity index is 0.000000208. The van der Waals surface area contributed by atoms with E-state index in [1.807, 2.05) is 36.6 Å². The number of benzene rings is 3. The molecule has 43 heavy (non-hydrogen) atoms. The number of carbonyl (C=O) groups excluding carboxylic acids is 1. The van der Waals surface area contributed by atoms with Gasteiger partial charge in [-0.1, -0.05) is 36.4 Å². The van der Waals surface area contributed by atoms with Crippen LogP contribution in [-0.2, 0) is 20.8 Å². The summed E-state index contributed by atoms with van der Waals surface area (Å²) in [4.78, 5) is 35.5. The first-order chi connectivity index (χ1) is 20.5. The van der Waals surface area contributed by atoms with E-state index in [0.717, 1.165) is 27.2 Å². The monoisotopic (exact) mass is 616 g/mol. The average Bonchev–Trinajstić information content (AvgIpc) is 3.61. The lowest BCUT2D eigenvalue weighted by Gasteiger charge is -2.06. The second-order valence-corrected chi connectivity index (χ2v) is 12.3. The zero-order valence-electron chi connectivity index (χ0n) is 23.7. The molecule has 6 nitrogen and oxygen atoms in total. The van der Waals surface area contributed by atoms with Crippen LogP contribution in [0.3, 0.4) is 0 Å². The summed E-state index contributed by atoms with van der Waals surface area (Å²) in [5.41, 5.74) is 6.03. The second-order valence-electron chi connectivity index (χ2n) is 9.93. The highest BCUT2D eigenvalue weighted by Gasteiger charge is 2.25. The van der Waals surface area contributed by atoms with Gasteiger partial charge in [0.15, 0.2) is 4.90 Å². The summed E-state index contributed by atoms with van der Waals surface area (Å²) in [6.07, 6.45) is 3.43. The van der Waals surface area contributed by atoms with Gasteiger partial charge in [-0.2, -0.15) is 0 Å². The Hall–Kier alpha value is -4.31. The molecule has 0 radical (unpaired) electrons. The van der Waals surface area contributed by atoms with Crippen molar-refractivity contribution in [1.29, 1.82) is 0 Å². The number of carbonyl (C=O) groups is 3. The Morgan fingerprint density at radius 3 is 2.21 bits per heavy atom. The molecular formula is C34H29FO6S2. The third-order valence-electron chi connectivity index (χ3n) is 7.09. The third-order valence-corrected chi connectivity index (χ3v) is 8.90. The van der Waals surface area contributed by atoms with Gasteiger partial charge in [0, 0.05) is 5.56 Å². The van der Waals surface area contributed by atoms with Crippen molar-refractivity contribution in [1.82, 2.24) is 0 Å². The van der Waals surface area contributed by atoms with Crippen molar-refractivity contribution in [3.05, 3.63) is 128 Å². The topological polar surface area (TPSA) is 115 Å². The van der Waals surface area contributed by atoms with Gasteiger partial charge in [0.25, 0.3) is 0 Å². The molecule has 0 spiro atoms. The highest BCUT2D eigenvalue weighted by Crippen LogP contribution is 2.43. The lowest BCUT2D eigenvalue weighted by molar-refractivity contribution is -0.138. The van der Waals surface area contributed by atoms with Gasteiger partial charge in [-0.05, 0) is 118 Å². The number of ketones is 1. The fourth-order valence-electron chi connectivity index (χ4n) is 4.67. The molecule has 1 aromatic heterocycles. The summed E-state index contributed by atoms with van der Waals surface area (Å²) in [5.74, 6) is -2.78. The molecule has 0 aliphatic heterocycles. The number of aliphatic carboxylic acids is 2. The number of carboxylic acids is 2. The van der Waals surface area contributed by atoms with Crippen molar-refractivity contribution in [3.63, 3.8) is 0 Å². The van der Waals surface area contributed by atoms with Crippen molar-refractivity contribution >= 4 is 57.5 Å². The lowest BCUT2D eigenvalue weighted by Crippen LogP contribution is -2.07. The molecule has 0 bridgehead atoms. The number of allylic oxidation sites excluding steroid dienone is 2. The number of hydrogen-bond acceptors (Lipinski definition) is 5. The van der Waals surface area contributed by atoms with Crippen LogP contribution in [0.1, 0.15) is 63.7 Å². The molecule has 2 N–H and O–H groups in total. The summed E-state index contributed by atoms with van der Waals surface area (Å²) in [5, 5.41) is 19.9. The molecule has 2 unspecified atom stereocenters. The van der Waals surface area contributed by atoms with Crippen LogP contribution in [-0.4, -0.2) is 38.7 Å². The van der Waals surface area contributed by atoms with Crippen molar-refractivity contribution in [3.8, 4) is 0 Å². The van der Waals surface area contributed by atoms with Crippen molar-refractivity contribution in [2.45, 2.75) is 31.1 Å². The van der Waals surface area contributed by atoms with E-state index >= 15 is 0 Å². The van der Waals surface area contributed by atoms with Crippen LogP contribution in [0.5, 0.6) is 0 Å². The van der Waals surface area contributed by atoms with Gasteiger partial charge in [-0.3, -0.25) is 14.4 Å². The maximum atomic E-state index is 13.7. The van der Waals surface area contributed by atoms with Gasteiger partial charge in [0.05, 0.1) is 17.2 Å². The molecule has 1 heterocycles. The van der Waals surface area contributed by atoms with E-state index in [4.69, 9.17) is 10.2 Å². The molecule has 0 fully saturated rings. The fourth-order valence-corrected chi connectivity index (χ4v) is 5.88. The van der Waals surface area contributed by atoms with E-state index in [9.17, 15) is 23.3 Å². The number of hydrogen-bond donors (Lipinski definition) is 2. The summed E-state index contributed by atoms with van der Waals surface area (Å²) in [6, 6.07) is 22.2. The van der Waals surface area contributed by atoms with Gasteiger partial charge >= 0.3 is 11.9 Å². The molecule has 0 amide bonds. The minimum absolute atomic E-state index is 0.0282. The van der Waals surface area contributed by atoms with Gasteiger partial charge in [-0.15, -0.1) is 11.3 Å². The quantitative estimate of drug-likeness (QED) is 0.156. The minimum atomic E-state index is -1.04. The molecule has 1 aliphatic carbocycles. The Kier molecular flexibility index (Phi) is 10.1. The van der Waals surface area contributed by atoms with Crippen molar-refractivity contribution in [2.75, 3.05) is 6.26 Å². The molecule has 0 saturated heterocycles. The van der Waals surface area contributed by atoms with Crippen LogP contribution in [0.25, 0.3) is 17.2 Å². The summed E-state index contributed by atoms with van der Waals surface area (Å²) >= 11 is 0.361. The van der Waals surface area contributed by atoms with Crippen molar-refractivity contribution in [2.24, 2.45) is 0 Å². The predicted molar refractivity (Wildman–Crippen MR) is 168 cm³/mol. The van der Waals surface area contributed by atoms with Crippen LogP contribution < -0.4 is 0 Å². The number of fused-ring (bicyclic) bond motifs is 1. The standard InChI is InChI=1S/C20H17FO3S.C14H12O3S/c1-12-17(9-13-3-6-15(7-4-13)25(2)24)16-8-5-14(21)10-19(16)18(12)11-20(22)23;1-9(14(16)17)10-4-6-11(7-5-10)13(15)12-3-2-8-18-12/h3-10H,11H2,1-2H3,(H,22,23);2-9H,1H3,(H,16,17)/b17-9-;. The van der Waals surface area contributed by atoms with Crippen LogP contribution in [0, 0.1) is 5.82 Å². The first-order valence-electron chi connectivity index (χ1n) is 13.2. The van der Waals surface area contributed by atoms with E-state index < -0.39 is 29.0 Å². The molecular weight excluding hydrogens is 588 g/mol. The van der Waals surface area contributed by atoms with E-state index in [2.05, 4.69) is 0 Å². The molecule has 3 aromatic carbocycles. The highest BCUT2D eigenvalue weighted by atomic mass is 32.2. The van der Waals surface area contributed by atoms with E-state index in [1.165, 1.54) is 23.5 Å². The first kappa shape index (κ1) is 31.6. The van der Waals surface area contributed by atoms with E-state index in [0.29, 0.717) is 27.1 Å². The highest BCUT2D eigenvalue weighted by molar-refractivity contribution is 7.90. The first-order valence-corrected chi connectivity index (χ1v) is 15.7. The number of carboxylic acid groups (broad SMARTS) is 2. The van der Waals surface area contributed by atoms with Crippen LogP contribution in [0.2, 0.25) is 0 Å². The van der Waals surface area contributed by atoms with Crippen LogP contribution in [0.15, 0.2) is 94.7 Å². The molecule has 4 aromatic rings. The average molecular weight is 617 g/mol. The number of thiophene rings is 1. The Morgan fingerprint density at radius 1 is 0.977 bits per heavy atom. The maximum absolute atomic E-state index is 13.7. The van der Waals surface area contributed by atoms with Crippen LogP contribution in [0.4, 0.5) is 4.39 Å². The third kappa shape index (κ3) is 7.56. The molecule has 220 valence electrons. The van der Waals surface area contributed by atoms with E-state index in [1.54, 1.807) is 61.7 Å². The molecule has 9 heteroatoms. The Morgan fingerprint density at radius 2 is 1.65 bits per heavy atom. The largest absolute Gasteiger partial charge is 0.612 e. The van der Waals surface area contributed by atoms with Crippen LogP contribution >= 0.6 is 11.3 Å². The lowest BCUT2D eigenvalue weighted by atomic mass is 9.99. The minimum Gasteiger partial charge on any atom is -0.612 e. The molecule has 0 saturated carbocycles. The molecule has 5 rings (SSSR count). The Bertz CT molecular complexity index is 1700. The zero-order valence-corrected chi connectivity index (χ0v) is 25.3. The maximum Gasteiger partial charge on any atom is 0.310 e. The van der Waals surface area contributed by atoms with Gasteiger partial charge in [0.2, 0.25) is 5.78 Å². The summed E-state index contributed by atoms with van der Waals surface area (Å²) in [7, 11) is 0. The van der Waals surface area contributed by atoms with Gasteiger partial charge < -0.3 is 14.8 Å². The van der Waals surface area contributed by atoms with Gasteiger partial charge in [-0.25, -0.2) is 4.39 Å². The SMILES string of the molecule is CC(C(=O)O)c1ccc(C(=O)c2cccs2)cc1.CC1=C(CC(=O)O)c2cc(F)ccc2/C1=C\c1ccc([S+](C)[O-])cc1. The van der Waals surface area contributed by atoms with Crippen molar-refractivity contribution < 1.29 is 33.5 Å². The Labute approximate surface area is 256 Å². The van der Waals surface area contributed by atoms with E-state index in [-0.39, 0.29) is 18.0 Å². The molecule has 2 atom stereocenters. The summed E-state index contributed by atoms with van der Waals surface area (Å²) < 4.78 is 25.1. The number of halogens is 1. The normalized spacial score (nSPS) is 14.5. The van der Waals surface area contributed by atoms with Gasteiger partial charge in [0.1, 0.15) is 12.1 Å². The predicted octanol–water partition coefficient (Wildman–Crippen LogP) is 7.53. The fraction of sp³-hybridized carbons (Fsp3) is 0.147. The smallest absolute Gasteiger partial charge is 0.310 e. The second kappa shape index (κ2) is 13.8. The molecule has 1 aliphatic rings. The number of rotatable bonds is 8. The summed E-state index contributed by atoms with van der Waals surface area (Å²) in [6.45, 7) is 3.48.